The van der Waals surface area contributed by atoms with Gasteiger partial charge in [0.05, 0.1) is 6.33 Å². The summed E-state index contributed by atoms with van der Waals surface area (Å²) in [6.45, 7) is 3.06. The first-order chi connectivity index (χ1) is 14.3. The highest BCUT2D eigenvalue weighted by Gasteiger charge is 2.14. The Hall–Kier alpha value is -3.13. The number of hydrogen-bond donors (Lipinski definition) is 0. The maximum atomic E-state index is 4.41. The maximum absolute atomic E-state index is 4.41. The van der Waals surface area contributed by atoms with Gasteiger partial charge in [0.15, 0.2) is 0 Å². The summed E-state index contributed by atoms with van der Waals surface area (Å²) in [4.78, 5) is 4.41. The lowest BCUT2D eigenvalue weighted by molar-refractivity contribution is 0.633. The molecule has 4 rings (SSSR count). The zero-order chi connectivity index (χ0) is 19.9. The topological polar surface area (TPSA) is 17.8 Å². The Bertz CT molecular complexity index is 1020. The summed E-state index contributed by atoms with van der Waals surface area (Å²) in [5.41, 5.74) is 6.76. The van der Waals surface area contributed by atoms with E-state index in [0.29, 0.717) is 5.92 Å². The van der Waals surface area contributed by atoms with Gasteiger partial charge in [0.2, 0.25) is 0 Å². The largest absolute Gasteiger partial charge is 0.330 e. The molecule has 4 aromatic rings. The zero-order valence-corrected chi connectivity index (χ0v) is 17.0. The van der Waals surface area contributed by atoms with E-state index in [1.165, 1.54) is 27.9 Å². The molecule has 0 fully saturated rings. The highest BCUT2D eigenvalue weighted by atomic mass is 15.0. The van der Waals surface area contributed by atoms with Gasteiger partial charge in [-0.25, -0.2) is 4.98 Å². The second-order valence-corrected chi connectivity index (χ2v) is 7.77. The van der Waals surface area contributed by atoms with Gasteiger partial charge >= 0.3 is 0 Å². The van der Waals surface area contributed by atoms with Crippen LogP contribution in [-0.4, -0.2) is 9.55 Å². The minimum Gasteiger partial charge on any atom is -0.330 e. The summed E-state index contributed by atoms with van der Waals surface area (Å²) in [6.07, 6.45) is 7.28. The number of aromatic nitrogens is 2. The van der Waals surface area contributed by atoms with Gasteiger partial charge in [-0.3, -0.25) is 0 Å². The third-order valence-electron chi connectivity index (χ3n) is 5.57. The first kappa shape index (κ1) is 19.2. The summed E-state index contributed by atoms with van der Waals surface area (Å²) in [5.74, 6) is 0.432. The molecule has 3 aromatic carbocycles. The van der Waals surface area contributed by atoms with E-state index in [9.17, 15) is 0 Å². The molecule has 1 aromatic heterocycles. The van der Waals surface area contributed by atoms with E-state index >= 15 is 0 Å². The van der Waals surface area contributed by atoms with Crippen molar-refractivity contribution in [3.05, 3.63) is 125 Å². The van der Waals surface area contributed by atoms with Crippen LogP contribution in [0, 0.1) is 6.92 Å². The molecule has 2 heteroatoms. The molecule has 0 bridgehead atoms. The van der Waals surface area contributed by atoms with Crippen LogP contribution in [0.1, 0.15) is 46.7 Å². The first-order valence-corrected chi connectivity index (χ1v) is 10.4. The number of nitrogens with zero attached hydrogens (tertiary/aromatic N) is 2. The predicted octanol–water partition coefficient (Wildman–Crippen LogP) is 6.39. The van der Waals surface area contributed by atoms with Crippen LogP contribution in [-0.2, 0) is 13.0 Å². The van der Waals surface area contributed by atoms with E-state index < -0.39 is 0 Å². The molecule has 1 heterocycles. The van der Waals surface area contributed by atoms with Gasteiger partial charge < -0.3 is 4.57 Å². The summed E-state index contributed by atoms with van der Waals surface area (Å²) in [5, 5.41) is 0. The molecule has 2 nitrogen and oxygen atoms in total. The molecular weight excluding hydrogens is 352 g/mol. The quantitative estimate of drug-likeness (QED) is 0.346. The van der Waals surface area contributed by atoms with Crippen molar-refractivity contribution in [2.75, 3.05) is 0 Å². The van der Waals surface area contributed by atoms with E-state index in [2.05, 4.69) is 101 Å². The third-order valence-corrected chi connectivity index (χ3v) is 5.57. The van der Waals surface area contributed by atoms with Gasteiger partial charge in [-0.1, -0.05) is 90.5 Å². The van der Waals surface area contributed by atoms with Crippen LogP contribution >= 0.6 is 0 Å². The molecule has 0 N–H and O–H groups in total. The highest BCUT2D eigenvalue weighted by Crippen LogP contribution is 2.30. The number of rotatable bonds is 8. The van der Waals surface area contributed by atoms with Crippen molar-refractivity contribution >= 4 is 0 Å². The fourth-order valence-electron chi connectivity index (χ4n) is 4.06. The lowest BCUT2D eigenvalue weighted by Crippen LogP contribution is -2.06. The molecule has 0 radical (unpaired) electrons. The molecule has 0 saturated carbocycles. The minimum atomic E-state index is 0.432. The number of benzene rings is 3. The lowest BCUT2D eigenvalue weighted by atomic mass is 9.86. The first-order valence-electron chi connectivity index (χ1n) is 10.4. The van der Waals surface area contributed by atoms with E-state index in [-0.39, 0.29) is 0 Å². The van der Waals surface area contributed by atoms with Gasteiger partial charge in [-0.05, 0) is 42.9 Å². The Balaban J connectivity index is 1.46. The van der Waals surface area contributed by atoms with Crippen LogP contribution in [0.25, 0.3) is 0 Å². The number of hydrogen-bond acceptors (Lipinski definition) is 1. The average molecular weight is 381 g/mol. The molecule has 0 aliphatic heterocycles. The van der Waals surface area contributed by atoms with E-state index in [0.717, 1.165) is 25.8 Å². The van der Waals surface area contributed by atoms with Crippen LogP contribution in [0.4, 0.5) is 0 Å². The Morgan fingerprint density at radius 3 is 2.31 bits per heavy atom. The molecule has 146 valence electrons. The van der Waals surface area contributed by atoms with Crippen LogP contribution in [0.2, 0.25) is 0 Å². The maximum Gasteiger partial charge on any atom is 0.0951 e. The Labute approximate surface area is 173 Å². The van der Waals surface area contributed by atoms with Gasteiger partial charge in [-0.15, -0.1) is 0 Å². The van der Waals surface area contributed by atoms with Crippen LogP contribution in [0.5, 0.6) is 0 Å². The summed E-state index contributed by atoms with van der Waals surface area (Å²) in [6, 6.07) is 30.5. The molecule has 29 heavy (non-hydrogen) atoms. The standard InChI is InChI=1S/C27H28N2/c1-22-10-8-15-25(18-22)27(24-13-6-3-7-14-24)17-9-16-26-19-28-21-29(26)20-23-11-4-2-5-12-23/h2-8,10-15,18-19,21,27H,9,16-17,20H2,1H3/t27-/m1/s1. The van der Waals surface area contributed by atoms with Crippen molar-refractivity contribution in [2.24, 2.45) is 0 Å². The Morgan fingerprint density at radius 1 is 0.828 bits per heavy atom. The molecule has 0 saturated heterocycles. The van der Waals surface area contributed by atoms with Crippen molar-refractivity contribution in [3.63, 3.8) is 0 Å². The fourth-order valence-corrected chi connectivity index (χ4v) is 4.06. The highest BCUT2D eigenvalue weighted by molar-refractivity contribution is 5.34. The van der Waals surface area contributed by atoms with Gasteiger partial charge in [0, 0.05) is 24.4 Å². The lowest BCUT2D eigenvalue weighted by Gasteiger charge is -2.19. The van der Waals surface area contributed by atoms with Crippen molar-refractivity contribution in [1.29, 1.82) is 0 Å². The monoisotopic (exact) mass is 380 g/mol. The van der Waals surface area contributed by atoms with Crippen LogP contribution < -0.4 is 0 Å². The summed E-state index contributed by atoms with van der Waals surface area (Å²) in [7, 11) is 0. The Morgan fingerprint density at radius 2 is 1.55 bits per heavy atom. The molecule has 0 aliphatic rings. The molecule has 0 amide bonds. The molecule has 1 atom stereocenters. The van der Waals surface area contributed by atoms with Crippen LogP contribution in [0.15, 0.2) is 97.5 Å². The SMILES string of the molecule is Cc1cccc([C@H](CCCc2cncn2Cc2ccccc2)c2ccccc2)c1. The third kappa shape index (κ3) is 5.03. The van der Waals surface area contributed by atoms with Crippen LogP contribution in [0.3, 0.4) is 0 Å². The second kappa shape index (κ2) is 9.38. The van der Waals surface area contributed by atoms with Gasteiger partial charge in [-0.2, -0.15) is 0 Å². The number of imidazole rings is 1. The van der Waals surface area contributed by atoms with Crippen molar-refractivity contribution in [1.82, 2.24) is 9.55 Å². The fraction of sp³-hybridized carbons (Fsp3) is 0.222. The molecular formula is C27H28N2. The smallest absolute Gasteiger partial charge is 0.0951 e. The number of aryl methyl sites for hydroxylation is 2. The van der Waals surface area contributed by atoms with Crippen molar-refractivity contribution in [2.45, 2.75) is 38.6 Å². The summed E-state index contributed by atoms with van der Waals surface area (Å²) < 4.78 is 2.28. The molecule has 0 spiro atoms. The van der Waals surface area contributed by atoms with Gasteiger partial charge in [0.1, 0.15) is 0 Å². The van der Waals surface area contributed by atoms with Crippen molar-refractivity contribution < 1.29 is 0 Å². The molecule has 0 unspecified atom stereocenters. The normalized spacial score (nSPS) is 12.0. The predicted molar refractivity (Wildman–Crippen MR) is 120 cm³/mol. The average Bonchev–Trinajstić information content (AvgIpc) is 3.19. The van der Waals surface area contributed by atoms with E-state index in [1.54, 1.807) is 0 Å². The second-order valence-electron chi connectivity index (χ2n) is 7.77. The van der Waals surface area contributed by atoms with Crippen molar-refractivity contribution in [3.8, 4) is 0 Å². The Kier molecular flexibility index (Phi) is 6.21. The summed E-state index contributed by atoms with van der Waals surface area (Å²) >= 11 is 0. The zero-order valence-electron chi connectivity index (χ0n) is 17.0. The van der Waals surface area contributed by atoms with E-state index in [4.69, 9.17) is 0 Å². The van der Waals surface area contributed by atoms with Gasteiger partial charge in [0.25, 0.3) is 0 Å². The minimum absolute atomic E-state index is 0.432. The molecule has 0 aliphatic carbocycles. The van der Waals surface area contributed by atoms with E-state index in [1.807, 2.05) is 12.5 Å².